The molecule has 9 heteroatoms. The zero-order chi connectivity index (χ0) is 18.6. The van der Waals surface area contributed by atoms with E-state index in [4.69, 9.17) is 11.6 Å². The summed E-state index contributed by atoms with van der Waals surface area (Å²) in [7, 11) is 1.60. The van der Waals surface area contributed by atoms with Crippen LogP contribution in [0.4, 0.5) is 23.2 Å². The Bertz CT molecular complexity index is 776. The summed E-state index contributed by atoms with van der Waals surface area (Å²) in [6.45, 7) is 1.55. The van der Waals surface area contributed by atoms with E-state index in [1.807, 2.05) is 0 Å². The van der Waals surface area contributed by atoms with Crippen molar-refractivity contribution in [3.8, 4) is 0 Å². The van der Waals surface area contributed by atoms with Crippen LogP contribution in [0.2, 0.25) is 5.15 Å². The maximum Gasteiger partial charge on any atom is 0.398 e. The van der Waals surface area contributed by atoms with Gasteiger partial charge in [0.1, 0.15) is 22.5 Å². The van der Waals surface area contributed by atoms with Crippen molar-refractivity contribution in [1.82, 2.24) is 10.3 Å². The minimum atomic E-state index is -4.31. The number of benzene rings is 1. The van der Waals surface area contributed by atoms with Crippen LogP contribution in [-0.4, -0.2) is 29.8 Å². The monoisotopic (exact) mass is 391 g/mol. The molecule has 0 spiro atoms. The van der Waals surface area contributed by atoms with Gasteiger partial charge in [-0.15, -0.1) is 11.8 Å². The van der Waals surface area contributed by atoms with Crippen LogP contribution in [0, 0.1) is 12.7 Å². The van der Waals surface area contributed by atoms with Gasteiger partial charge in [-0.2, -0.15) is 13.2 Å². The molecule has 0 bridgehead atoms. The molecule has 0 aliphatic carbocycles. The third kappa shape index (κ3) is 5.61. The number of halogens is 5. The molecule has 1 aromatic heterocycles. The molecule has 0 unspecified atom stereocenters. The van der Waals surface area contributed by atoms with Crippen LogP contribution < -0.4 is 5.32 Å². The molecule has 3 nitrogen and oxygen atoms in total. The number of thioether (sulfide) groups is 1. The number of alkyl halides is 3. The fourth-order valence-electron chi connectivity index (χ4n) is 1.94. The molecule has 1 aromatic carbocycles. The second kappa shape index (κ2) is 8.05. The first-order chi connectivity index (χ1) is 11.7. The maximum atomic E-state index is 14.2. The lowest BCUT2D eigenvalue weighted by Crippen LogP contribution is -2.19. The predicted molar refractivity (Wildman–Crippen MR) is 92.4 cm³/mol. The zero-order valence-corrected chi connectivity index (χ0v) is 14.9. The van der Waals surface area contributed by atoms with Crippen molar-refractivity contribution in [2.45, 2.75) is 18.0 Å². The van der Waals surface area contributed by atoms with Crippen LogP contribution >= 0.6 is 23.4 Å². The van der Waals surface area contributed by atoms with Gasteiger partial charge in [0, 0.05) is 23.7 Å². The second-order valence-corrected chi connectivity index (χ2v) is 6.46. The van der Waals surface area contributed by atoms with Gasteiger partial charge in [0.25, 0.3) is 0 Å². The largest absolute Gasteiger partial charge is 0.398 e. The van der Waals surface area contributed by atoms with Gasteiger partial charge < -0.3 is 5.32 Å². The maximum absolute atomic E-state index is 14.2. The van der Waals surface area contributed by atoms with Crippen molar-refractivity contribution in [2.75, 3.05) is 12.8 Å². The highest BCUT2D eigenvalue weighted by molar-refractivity contribution is 7.99. The molecular weight excluding hydrogens is 378 g/mol. The van der Waals surface area contributed by atoms with E-state index in [1.54, 1.807) is 26.1 Å². The fourth-order valence-corrected chi connectivity index (χ4v) is 2.86. The number of hydrogen-bond donors (Lipinski definition) is 1. The molecule has 0 fully saturated rings. The SMILES string of the molecule is CN/C(=N/c1cc(SCC(F)(F)F)c(C)cc1F)c1ccc(Cl)nc1. The molecule has 0 radical (unpaired) electrons. The Balaban J connectivity index is 2.37. The van der Waals surface area contributed by atoms with Crippen molar-refractivity contribution in [1.29, 1.82) is 0 Å². The summed E-state index contributed by atoms with van der Waals surface area (Å²) >= 11 is 6.33. The van der Waals surface area contributed by atoms with E-state index < -0.39 is 17.7 Å². The lowest BCUT2D eigenvalue weighted by atomic mass is 10.2. The average Bonchev–Trinajstić information content (AvgIpc) is 2.53. The average molecular weight is 392 g/mol. The number of pyridine rings is 1. The number of rotatable bonds is 4. The predicted octanol–water partition coefficient (Wildman–Crippen LogP) is 5.13. The van der Waals surface area contributed by atoms with Crippen LogP contribution in [-0.2, 0) is 0 Å². The molecule has 134 valence electrons. The first-order valence-corrected chi connectivity index (χ1v) is 8.44. The van der Waals surface area contributed by atoms with Gasteiger partial charge in [-0.05, 0) is 36.8 Å². The third-order valence-corrected chi connectivity index (χ3v) is 4.55. The Morgan fingerprint density at radius 1 is 1.32 bits per heavy atom. The van der Waals surface area contributed by atoms with Crippen LogP contribution in [0.1, 0.15) is 11.1 Å². The molecule has 0 amide bonds. The summed E-state index contributed by atoms with van der Waals surface area (Å²) in [5, 5.41) is 3.12. The molecule has 0 saturated heterocycles. The Morgan fingerprint density at radius 2 is 2.04 bits per heavy atom. The minimum Gasteiger partial charge on any atom is -0.373 e. The van der Waals surface area contributed by atoms with E-state index >= 15 is 0 Å². The topological polar surface area (TPSA) is 37.3 Å². The van der Waals surface area contributed by atoms with Gasteiger partial charge in [0.2, 0.25) is 0 Å². The van der Waals surface area contributed by atoms with Crippen LogP contribution in [0.15, 0.2) is 40.4 Å². The van der Waals surface area contributed by atoms with Gasteiger partial charge >= 0.3 is 6.18 Å². The zero-order valence-electron chi connectivity index (χ0n) is 13.3. The first kappa shape index (κ1) is 19.5. The van der Waals surface area contributed by atoms with E-state index in [0.29, 0.717) is 38.8 Å². The van der Waals surface area contributed by atoms with E-state index in [-0.39, 0.29) is 5.69 Å². The molecule has 0 saturated carbocycles. The van der Waals surface area contributed by atoms with Crippen molar-refractivity contribution >= 4 is 34.9 Å². The molecule has 0 atom stereocenters. The lowest BCUT2D eigenvalue weighted by molar-refractivity contribution is -0.105. The summed E-state index contributed by atoms with van der Waals surface area (Å²) in [4.78, 5) is 8.42. The molecule has 0 aliphatic rings. The number of amidine groups is 1. The number of nitrogens with zero attached hydrogens (tertiary/aromatic N) is 2. The highest BCUT2D eigenvalue weighted by Gasteiger charge is 2.27. The van der Waals surface area contributed by atoms with Gasteiger partial charge in [0.15, 0.2) is 0 Å². The number of aryl methyl sites for hydroxylation is 1. The Hall–Kier alpha value is -1.80. The summed E-state index contributed by atoms with van der Waals surface area (Å²) in [6, 6.07) is 5.68. The van der Waals surface area contributed by atoms with E-state index in [2.05, 4.69) is 15.3 Å². The number of nitrogens with one attached hydrogen (secondary N) is 1. The standard InChI is InChI=1S/C16H14ClF4N3S/c1-9-5-11(18)12(6-13(9)25-8-16(19,20)21)24-15(22-2)10-3-4-14(17)23-7-10/h3-7H,8H2,1-2H3,(H,22,24). The fraction of sp³-hybridized carbons (Fsp3) is 0.250. The number of hydrogen-bond acceptors (Lipinski definition) is 3. The first-order valence-electron chi connectivity index (χ1n) is 7.07. The Labute approximate surface area is 151 Å². The van der Waals surface area contributed by atoms with E-state index in [9.17, 15) is 17.6 Å². The van der Waals surface area contributed by atoms with Crippen LogP contribution in [0.5, 0.6) is 0 Å². The molecule has 25 heavy (non-hydrogen) atoms. The summed E-state index contributed by atoms with van der Waals surface area (Å²) < 4.78 is 51.4. The quantitative estimate of drug-likeness (QED) is 0.258. The molecule has 1 N–H and O–H groups in total. The van der Waals surface area contributed by atoms with E-state index in [0.717, 1.165) is 0 Å². The highest BCUT2D eigenvalue weighted by atomic mass is 35.5. The van der Waals surface area contributed by atoms with Crippen molar-refractivity contribution < 1.29 is 17.6 Å². The van der Waals surface area contributed by atoms with Gasteiger partial charge in [-0.1, -0.05) is 11.6 Å². The van der Waals surface area contributed by atoms with E-state index in [1.165, 1.54) is 18.3 Å². The molecule has 1 heterocycles. The molecule has 2 rings (SSSR count). The summed E-state index contributed by atoms with van der Waals surface area (Å²) in [5.74, 6) is -1.36. The number of aromatic nitrogens is 1. The van der Waals surface area contributed by atoms with Crippen LogP contribution in [0.25, 0.3) is 0 Å². The summed E-state index contributed by atoms with van der Waals surface area (Å²) in [6.07, 6.45) is -2.84. The third-order valence-electron chi connectivity index (χ3n) is 3.11. The van der Waals surface area contributed by atoms with Crippen molar-refractivity contribution in [2.24, 2.45) is 4.99 Å². The smallest absolute Gasteiger partial charge is 0.373 e. The van der Waals surface area contributed by atoms with Crippen molar-refractivity contribution in [3.05, 3.63) is 52.6 Å². The normalized spacial score (nSPS) is 12.4. The summed E-state index contributed by atoms with van der Waals surface area (Å²) in [5.41, 5.74) is 0.927. The minimum absolute atomic E-state index is 0.0606. The molecule has 0 aliphatic heterocycles. The number of aliphatic imine (C=N–C) groups is 1. The molecule has 2 aromatic rings. The Morgan fingerprint density at radius 3 is 2.60 bits per heavy atom. The second-order valence-electron chi connectivity index (χ2n) is 5.05. The van der Waals surface area contributed by atoms with Crippen LogP contribution in [0.3, 0.4) is 0 Å². The van der Waals surface area contributed by atoms with Gasteiger partial charge in [0.05, 0.1) is 5.75 Å². The highest BCUT2D eigenvalue weighted by Crippen LogP contribution is 2.33. The van der Waals surface area contributed by atoms with Gasteiger partial charge in [-0.25, -0.2) is 14.4 Å². The lowest BCUT2D eigenvalue weighted by Gasteiger charge is -2.11. The van der Waals surface area contributed by atoms with Crippen molar-refractivity contribution in [3.63, 3.8) is 0 Å². The van der Waals surface area contributed by atoms with Gasteiger partial charge in [-0.3, -0.25) is 0 Å². The Kier molecular flexibility index (Phi) is 6.29. The molecular formula is C16H14ClF4N3S.